The molecule has 2 N–H and O–H groups in total. The summed E-state index contributed by atoms with van der Waals surface area (Å²) in [4.78, 5) is 26.0. The minimum atomic E-state index is -0.0887. The normalized spacial score (nSPS) is 17.1. The average molecular weight is 347 g/mol. The fourth-order valence-electron chi connectivity index (χ4n) is 3.15. The van der Waals surface area contributed by atoms with Crippen LogP contribution in [-0.2, 0) is 4.79 Å². The minimum Gasteiger partial charge on any atom is -0.496 e. The van der Waals surface area contributed by atoms with Gasteiger partial charge in [-0.3, -0.25) is 4.79 Å². The van der Waals surface area contributed by atoms with Crippen molar-refractivity contribution in [3.05, 3.63) is 23.8 Å². The molecule has 1 aliphatic rings. The fraction of sp³-hybridized carbons (Fsp3) is 0.579. The van der Waals surface area contributed by atoms with Crippen molar-refractivity contribution in [3.63, 3.8) is 0 Å². The number of nitrogens with zero attached hydrogens (tertiary/aromatic N) is 1. The van der Waals surface area contributed by atoms with Crippen molar-refractivity contribution >= 4 is 17.6 Å². The highest BCUT2D eigenvalue weighted by atomic mass is 16.5. The van der Waals surface area contributed by atoms with E-state index < -0.39 is 0 Å². The first-order valence-corrected chi connectivity index (χ1v) is 9.00. The van der Waals surface area contributed by atoms with Crippen LogP contribution in [0.1, 0.15) is 38.2 Å². The Balaban J connectivity index is 1.86. The van der Waals surface area contributed by atoms with Gasteiger partial charge < -0.3 is 20.3 Å². The van der Waals surface area contributed by atoms with Crippen LogP contribution < -0.4 is 15.4 Å². The third-order valence-corrected chi connectivity index (χ3v) is 4.52. The number of carbonyl (C=O) groups excluding carboxylic acids is 2. The summed E-state index contributed by atoms with van der Waals surface area (Å²) in [5.41, 5.74) is 1.75. The summed E-state index contributed by atoms with van der Waals surface area (Å²) in [6.07, 6.45) is 3.42. The van der Waals surface area contributed by atoms with Gasteiger partial charge >= 0.3 is 6.03 Å². The average Bonchev–Trinajstić information content (AvgIpc) is 2.60. The molecule has 1 saturated heterocycles. The third-order valence-electron chi connectivity index (χ3n) is 4.52. The molecule has 1 aromatic rings. The van der Waals surface area contributed by atoms with Gasteiger partial charge in [-0.15, -0.1) is 0 Å². The van der Waals surface area contributed by atoms with Gasteiger partial charge in [0.15, 0.2) is 0 Å². The molecule has 0 unspecified atom stereocenters. The molecule has 0 saturated carbocycles. The Morgan fingerprint density at radius 2 is 2.16 bits per heavy atom. The molecule has 1 heterocycles. The van der Waals surface area contributed by atoms with E-state index in [4.69, 9.17) is 4.74 Å². The SMILES string of the molecule is CCCC(=O)NC[C@H]1CCCN(C(=O)Nc2ccc(OC)c(C)c2)C1. The molecule has 1 aliphatic heterocycles. The zero-order chi connectivity index (χ0) is 18.2. The Kier molecular flexibility index (Phi) is 7.10. The summed E-state index contributed by atoms with van der Waals surface area (Å²) in [6, 6.07) is 5.51. The molecule has 1 fully saturated rings. The first-order valence-electron chi connectivity index (χ1n) is 9.00. The third kappa shape index (κ3) is 5.66. The zero-order valence-electron chi connectivity index (χ0n) is 15.4. The van der Waals surface area contributed by atoms with Gasteiger partial charge in [-0.25, -0.2) is 4.79 Å². The number of likely N-dealkylation sites (tertiary alicyclic amines) is 1. The quantitative estimate of drug-likeness (QED) is 0.830. The predicted molar refractivity (Wildman–Crippen MR) is 99.0 cm³/mol. The number of ether oxygens (including phenoxy) is 1. The Morgan fingerprint density at radius 1 is 1.36 bits per heavy atom. The van der Waals surface area contributed by atoms with E-state index in [0.717, 1.165) is 42.8 Å². The molecule has 3 amide bonds. The number of nitrogens with one attached hydrogen (secondary N) is 2. The molecule has 6 nitrogen and oxygen atoms in total. The smallest absolute Gasteiger partial charge is 0.321 e. The standard InChI is InChI=1S/C19H29N3O3/c1-4-6-18(23)20-12-15-7-5-10-22(13-15)19(24)21-16-8-9-17(25-3)14(2)11-16/h8-9,11,15H,4-7,10,12-13H2,1-3H3,(H,20,23)(H,21,24)/t15-/m1/s1. The van der Waals surface area contributed by atoms with Crippen molar-refractivity contribution in [2.24, 2.45) is 5.92 Å². The van der Waals surface area contributed by atoms with Gasteiger partial charge in [0.25, 0.3) is 0 Å². The lowest BCUT2D eigenvalue weighted by molar-refractivity contribution is -0.121. The second-order valence-electron chi connectivity index (χ2n) is 6.62. The first-order chi connectivity index (χ1) is 12.0. The summed E-state index contributed by atoms with van der Waals surface area (Å²) in [5, 5.41) is 5.92. The number of carbonyl (C=O) groups is 2. The van der Waals surface area contributed by atoms with E-state index in [2.05, 4.69) is 10.6 Å². The van der Waals surface area contributed by atoms with Gasteiger partial charge in [0.2, 0.25) is 5.91 Å². The van der Waals surface area contributed by atoms with Crippen LogP contribution in [0.2, 0.25) is 0 Å². The molecule has 1 aromatic carbocycles. The first kappa shape index (κ1) is 19.1. The van der Waals surface area contributed by atoms with Crippen LogP contribution in [0.3, 0.4) is 0 Å². The van der Waals surface area contributed by atoms with E-state index in [1.807, 2.05) is 36.9 Å². The molecular formula is C19H29N3O3. The molecule has 2 rings (SSSR count). The molecule has 25 heavy (non-hydrogen) atoms. The van der Waals surface area contributed by atoms with E-state index >= 15 is 0 Å². The zero-order valence-corrected chi connectivity index (χ0v) is 15.4. The molecular weight excluding hydrogens is 318 g/mol. The lowest BCUT2D eigenvalue weighted by Crippen LogP contribution is -2.45. The summed E-state index contributed by atoms with van der Waals surface area (Å²) in [6.45, 7) is 6.01. The topological polar surface area (TPSA) is 70.7 Å². The Bertz CT molecular complexity index is 604. The molecule has 0 bridgehead atoms. The van der Waals surface area contributed by atoms with E-state index in [0.29, 0.717) is 25.4 Å². The summed E-state index contributed by atoms with van der Waals surface area (Å²) < 4.78 is 5.24. The Hall–Kier alpha value is -2.24. The number of aryl methyl sites for hydroxylation is 1. The Labute approximate surface area is 149 Å². The lowest BCUT2D eigenvalue weighted by Gasteiger charge is -2.33. The van der Waals surface area contributed by atoms with Crippen LogP contribution in [0.4, 0.5) is 10.5 Å². The predicted octanol–water partition coefficient (Wildman–Crippen LogP) is 3.16. The highest BCUT2D eigenvalue weighted by molar-refractivity contribution is 5.89. The number of methoxy groups -OCH3 is 1. The number of piperidine rings is 1. The highest BCUT2D eigenvalue weighted by Crippen LogP contribution is 2.22. The van der Waals surface area contributed by atoms with Crippen LogP contribution in [-0.4, -0.2) is 43.6 Å². The number of urea groups is 1. The van der Waals surface area contributed by atoms with Crippen LogP contribution in [0.15, 0.2) is 18.2 Å². The van der Waals surface area contributed by atoms with Gasteiger partial charge in [0.05, 0.1) is 7.11 Å². The molecule has 0 aromatic heterocycles. The van der Waals surface area contributed by atoms with Gasteiger partial charge in [-0.2, -0.15) is 0 Å². The van der Waals surface area contributed by atoms with Crippen molar-refractivity contribution in [2.75, 3.05) is 32.1 Å². The molecule has 0 radical (unpaired) electrons. The number of amides is 3. The van der Waals surface area contributed by atoms with Crippen LogP contribution >= 0.6 is 0 Å². The van der Waals surface area contributed by atoms with Crippen LogP contribution in [0.25, 0.3) is 0 Å². The maximum Gasteiger partial charge on any atom is 0.321 e. The van der Waals surface area contributed by atoms with Crippen molar-refractivity contribution in [1.82, 2.24) is 10.2 Å². The minimum absolute atomic E-state index is 0.0887. The number of anilines is 1. The van der Waals surface area contributed by atoms with E-state index in [-0.39, 0.29) is 11.9 Å². The lowest BCUT2D eigenvalue weighted by atomic mass is 9.98. The maximum atomic E-state index is 12.5. The number of rotatable bonds is 6. The summed E-state index contributed by atoms with van der Waals surface area (Å²) in [5.74, 6) is 1.22. The van der Waals surface area contributed by atoms with Crippen molar-refractivity contribution in [1.29, 1.82) is 0 Å². The molecule has 0 aliphatic carbocycles. The summed E-state index contributed by atoms with van der Waals surface area (Å²) >= 11 is 0. The van der Waals surface area contributed by atoms with E-state index in [9.17, 15) is 9.59 Å². The van der Waals surface area contributed by atoms with Crippen molar-refractivity contribution in [2.45, 2.75) is 39.5 Å². The largest absolute Gasteiger partial charge is 0.496 e. The second kappa shape index (κ2) is 9.30. The highest BCUT2D eigenvalue weighted by Gasteiger charge is 2.24. The monoisotopic (exact) mass is 347 g/mol. The molecule has 6 heteroatoms. The van der Waals surface area contributed by atoms with Gasteiger partial charge in [-0.05, 0) is 55.9 Å². The van der Waals surface area contributed by atoms with Crippen LogP contribution in [0.5, 0.6) is 5.75 Å². The van der Waals surface area contributed by atoms with E-state index in [1.165, 1.54) is 0 Å². The van der Waals surface area contributed by atoms with Gasteiger partial charge in [0, 0.05) is 31.7 Å². The number of benzene rings is 1. The second-order valence-corrected chi connectivity index (χ2v) is 6.62. The van der Waals surface area contributed by atoms with E-state index in [1.54, 1.807) is 7.11 Å². The number of hydrogen-bond acceptors (Lipinski definition) is 3. The molecule has 1 atom stereocenters. The molecule has 138 valence electrons. The van der Waals surface area contributed by atoms with Crippen LogP contribution in [0, 0.1) is 12.8 Å². The van der Waals surface area contributed by atoms with Crippen molar-refractivity contribution < 1.29 is 14.3 Å². The Morgan fingerprint density at radius 3 is 2.84 bits per heavy atom. The van der Waals surface area contributed by atoms with Gasteiger partial charge in [-0.1, -0.05) is 6.92 Å². The summed E-state index contributed by atoms with van der Waals surface area (Å²) in [7, 11) is 1.63. The maximum absolute atomic E-state index is 12.5. The fourth-order valence-corrected chi connectivity index (χ4v) is 3.15. The number of hydrogen-bond donors (Lipinski definition) is 2. The van der Waals surface area contributed by atoms with Gasteiger partial charge in [0.1, 0.15) is 5.75 Å². The molecule has 0 spiro atoms. The van der Waals surface area contributed by atoms with Crippen molar-refractivity contribution in [3.8, 4) is 5.75 Å².